The van der Waals surface area contributed by atoms with Gasteiger partial charge >= 0.3 is 0 Å². The van der Waals surface area contributed by atoms with E-state index in [1.165, 1.54) is 64.2 Å². The minimum absolute atomic E-state index is 0.432. The fourth-order valence-electron chi connectivity index (χ4n) is 7.29. The number of benzene rings is 5. The normalized spacial score (nSPS) is 12.5. The molecule has 1 unspecified atom stereocenters. The summed E-state index contributed by atoms with van der Waals surface area (Å²) in [7, 11) is 3.12. The number of ether oxygens (including phenoxy) is 2. The zero-order chi connectivity index (χ0) is 37.5. The number of unbranched alkanes of at least 4 members (excludes halogenated alkanes) is 1. The fourth-order valence-corrected chi connectivity index (χ4v) is 7.29. The van der Waals surface area contributed by atoms with Crippen molar-refractivity contribution in [2.45, 2.75) is 59.9 Å². The van der Waals surface area contributed by atoms with Crippen molar-refractivity contribution >= 4 is 39.0 Å². The number of aryl methyl sites for hydroxylation is 1. The highest BCUT2D eigenvalue weighted by atomic mass is 16.5. The Bertz CT molecular complexity index is 2400. The zero-order valence-corrected chi connectivity index (χ0v) is 31.7. The Morgan fingerprint density at radius 1 is 0.698 bits per heavy atom. The average molecular weight is 698 g/mol. The maximum Gasteiger partial charge on any atom is 0.128 e. The molecule has 0 saturated heterocycles. The lowest BCUT2D eigenvalue weighted by molar-refractivity contribution is 0.401. The Morgan fingerprint density at radius 2 is 1.21 bits per heavy atom. The number of hydrogen-bond donors (Lipinski definition) is 0. The highest BCUT2D eigenvalue weighted by Gasteiger charge is 2.19. The summed E-state index contributed by atoms with van der Waals surface area (Å²) < 4.78 is 13.9. The third-order valence-corrected chi connectivity index (χ3v) is 10.4. The maximum absolute atomic E-state index is 10.3. The third-order valence-electron chi connectivity index (χ3n) is 10.4. The van der Waals surface area contributed by atoms with Crippen LogP contribution < -0.4 is 9.47 Å². The van der Waals surface area contributed by atoms with Crippen LogP contribution in [-0.4, -0.2) is 18.8 Å². The van der Waals surface area contributed by atoms with E-state index in [4.69, 9.17) is 9.47 Å². The van der Waals surface area contributed by atoms with Crippen LogP contribution in [0.15, 0.2) is 103 Å². The van der Waals surface area contributed by atoms with Crippen molar-refractivity contribution in [2.24, 2.45) is 5.92 Å². The lowest BCUT2D eigenvalue weighted by atomic mass is 9.96. The van der Waals surface area contributed by atoms with Gasteiger partial charge in [0.25, 0.3) is 0 Å². The third kappa shape index (κ3) is 7.62. The van der Waals surface area contributed by atoms with Crippen molar-refractivity contribution in [1.82, 2.24) is 4.57 Å². The van der Waals surface area contributed by atoms with E-state index in [9.17, 15) is 10.5 Å². The van der Waals surface area contributed by atoms with Gasteiger partial charge in [0.2, 0.25) is 0 Å². The molecule has 6 aromatic rings. The molecule has 0 aliphatic rings. The molecular formula is C48H47N3O2. The summed E-state index contributed by atoms with van der Waals surface area (Å²) in [6.45, 7) is 9.54. The molecule has 0 fully saturated rings. The highest BCUT2D eigenvalue weighted by Crippen LogP contribution is 2.39. The first-order chi connectivity index (χ1) is 25.8. The summed E-state index contributed by atoms with van der Waals surface area (Å²) in [6.07, 6.45) is 8.47. The van der Waals surface area contributed by atoms with Crippen LogP contribution >= 0.6 is 0 Å². The monoisotopic (exact) mass is 697 g/mol. The average Bonchev–Trinajstić information content (AvgIpc) is 3.50. The minimum atomic E-state index is 0.432. The van der Waals surface area contributed by atoms with Gasteiger partial charge in [-0.1, -0.05) is 105 Å². The van der Waals surface area contributed by atoms with Crippen molar-refractivity contribution in [1.29, 1.82) is 10.5 Å². The molecule has 266 valence electrons. The van der Waals surface area contributed by atoms with Crippen molar-refractivity contribution < 1.29 is 9.47 Å². The van der Waals surface area contributed by atoms with Gasteiger partial charge in [0, 0.05) is 39.5 Å². The number of fused-ring (bicyclic) bond motifs is 3. The molecule has 0 saturated carbocycles. The Morgan fingerprint density at radius 3 is 1.68 bits per heavy atom. The highest BCUT2D eigenvalue weighted by molar-refractivity contribution is 6.10. The van der Waals surface area contributed by atoms with E-state index in [1.807, 2.05) is 18.2 Å². The van der Waals surface area contributed by atoms with Gasteiger partial charge in [0.05, 0.1) is 37.5 Å². The van der Waals surface area contributed by atoms with E-state index in [0.29, 0.717) is 39.7 Å². The maximum atomic E-state index is 10.3. The molecule has 0 aliphatic carbocycles. The first-order valence-corrected chi connectivity index (χ1v) is 18.5. The van der Waals surface area contributed by atoms with Crippen molar-refractivity contribution in [3.63, 3.8) is 0 Å². The second kappa shape index (κ2) is 16.5. The lowest BCUT2D eigenvalue weighted by Crippen LogP contribution is -2.10. The van der Waals surface area contributed by atoms with E-state index in [-0.39, 0.29) is 0 Å². The van der Waals surface area contributed by atoms with E-state index in [0.717, 1.165) is 23.2 Å². The number of nitriles is 2. The zero-order valence-electron chi connectivity index (χ0n) is 31.7. The van der Waals surface area contributed by atoms with Gasteiger partial charge in [-0.2, -0.15) is 10.5 Å². The predicted octanol–water partition coefficient (Wildman–Crippen LogP) is 12.7. The molecule has 1 heterocycles. The van der Waals surface area contributed by atoms with Gasteiger partial charge in [-0.15, -0.1) is 0 Å². The fraction of sp³-hybridized carbons (Fsp3) is 0.250. The molecule has 0 spiro atoms. The molecule has 5 aromatic carbocycles. The lowest BCUT2D eigenvalue weighted by Gasteiger charge is -2.17. The first-order valence-electron chi connectivity index (χ1n) is 18.5. The SMILES string of the molecule is C/C=C(\C#N)c1cc(OC)c(/C(C#N)=C/c2ccc(-c3ccc4c(c3)c3cc(-c5ccc(C)cc5)ccc3n4CC(CC)CCCC)cc2)cc1OC. The molecule has 5 nitrogen and oxygen atoms in total. The van der Waals surface area contributed by atoms with Crippen molar-refractivity contribution in [3.8, 4) is 45.9 Å². The summed E-state index contributed by atoms with van der Waals surface area (Å²) in [5.41, 5.74) is 11.5. The van der Waals surface area contributed by atoms with Crippen molar-refractivity contribution in [3.05, 3.63) is 125 Å². The minimum Gasteiger partial charge on any atom is -0.496 e. The number of methoxy groups -OCH3 is 2. The van der Waals surface area contributed by atoms with Gasteiger partial charge in [-0.25, -0.2) is 0 Å². The Hall–Kier alpha value is -6.04. The molecule has 1 aromatic heterocycles. The molecule has 1 atom stereocenters. The van der Waals surface area contributed by atoms with Crippen LogP contribution in [0.4, 0.5) is 0 Å². The number of hydrogen-bond acceptors (Lipinski definition) is 4. The molecule has 6 rings (SSSR count). The second-order valence-corrected chi connectivity index (χ2v) is 13.7. The molecule has 5 heteroatoms. The van der Waals surface area contributed by atoms with Gasteiger partial charge in [0.15, 0.2) is 0 Å². The summed E-state index contributed by atoms with van der Waals surface area (Å²) in [5.74, 6) is 1.63. The van der Waals surface area contributed by atoms with Crippen LogP contribution in [0.1, 0.15) is 68.7 Å². The van der Waals surface area contributed by atoms with Crippen LogP contribution in [0.25, 0.3) is 61.3 Å². The van der Waals surface area contributed by atoms with Crippen molar-refractivity contribution in [2.75, 3.05) is 14.2 Å². The first kappa shape index (κ1) is 36.7. The molecule has 0 radical (unpaired) electrons. The molecular weight excluding hydrogens is 651 g/mol. The van der Waals surface area contributed by atoms with E-state index < -0.39 is 0 Å². The Labute approximate surface area is 314 Å². The largest absolute Gasteiger partial charge is 0.496 e. The smallest absolute Gasteiger partial charge is 0.128 e. The quantitative estimate of drug-likeness (QED) is 0.0889. The van der Waals surface area contributed by atoms with E-state index >= 15 is 0 Å². The van der Waals surface area contributed by atoms with Crippen LogP contribution in [0, 0.1) is 35.5 Å². The number of nitrogens with zero attached hydrogens (tertiary/aromatic N) is 3. The second-order valence-electron chi connectivity index (χ2n) is 13.7. The molecule has 0 aliphatic heterocycles. The van der Waals surface area contributed by atoms with Crippen LogP contribution in [0.2, 0.25) is 0 Å². The van der Waals surface area contributed by atoms with Crippen LogP contribution in [0.3, 0.4) is 0 Å². The summed E-state index contributed by atoms with van der Waals surface area (Å²) in [5, 5.41) is 22.4. The molecule has 0 amide bonds. The summed E-state index contributed by atoms with van der Waals surface area (Å²) in [6, 6.07) is 39.0. The van der Waals surface area contributed by atoms with Crippen LogP contribution in [0.5, 0.6) is 11.5 Å². The Kier molecular flexibility index (Phi) is 11.5. The van der Waals surface area contributed by atoms with Gasteiger partial charge in [0.1, 0.15) is 11.5 Å². The number of aromatic nitrogens is 1. The number of rotatable bonds is 13. The summed E-state index contributed by atoms with van der Waals surface area (Å²) >= 11 is 0. The van der Waals surface area contributed by atoms with E-state index in [1.54, 1.807) is 39.4 Å². The van der Waals surface area contributed by atoms with Gasteiger partial charge < -0.3 is 14.0 Å². The molecule has 0 bridgehead atoms. The molecule has 53 heavy (non-hydrogen) atoms. The van der Waals surface area contributed by atoms with Crippen LogP contribution in [-0.2, 0) is 6.54 Å². The number of allylic oxidation sites excluding steroid dienone is 3. The van der Waals surface area contributed by atoms with E-state index in [2.05, 4.69) is 110 Å². The molecule has 0 N–H and O–H groups in total. The topological polar surface area (TPSA) is 71.0 Å². The van der Waals surface area contributed by atoms with Gasteiger partial charge in [-0.05, 0) is 96.5 Å². The standard InChI is InChI=1S/C48H47N3O2/c1-7-10-11-33(8-2)31-51-45-22-20-38(36-16-12-32(4)13-17-36)25-43(45)44-26-39(21-23-46(44)51)37-18-14-34(15-19-37)24-40(30-50)42-28-47(52-5)41(27-48(42)53-6)35(9-3)29-49/h9,12-28,33H,7-8,10-11,31H2,1-6H3/b35-9+,40-24+. The van der Waals surface area contributed by atoms with Gasteiger partial charge in [-0.3, -0.25) is 0 Å². The Balaban J connectivity index is 1.40. The summed E-state index contributed by atoms with van der Waals surface area (Å²) in [4.78, 5) is 0. The predicted molar refractivity (Wildman–Crippen MR) is 221 cm³/mol.